The molecule has 0 unspecified atom stereocenters. The van der Waals surface area contributed by atoms with E-state index in [-0.39, 0.29) is 0 Å². The van der Waals surface area contributed by atoms with E-state index in [1.165, 1.54) is 19.3 Å². The largest absolute Gasteiger partial charge is 0.493 e. The zero-order valence-corrected chi connectivity index (χ0v) is 14.8. The van der Waals surface area contributed by atoms with Crippen molar-refractivity contribution in [1.29, 1.82) is 0 Å². The fourth-order valence-electron chi connectivity index (χ4n) is 2.76. The molecule has 0 fully saturated rings. The zero-order valence-electron chi connectivity index (χ0n) is 14.8. The van der Waals surface area contributed by atoms with Crippen molar-refractivity contribution in [2.75, 3.05) is 6.61 Å². The van der Waals surface area contributed by atoms with Gasteiger partial charge in [0.25, 0.3) is 0 Å². The van der Waals surface area contributed by atoms with Crippen LogP contribution in [-0.2, 0) is 0 Å². The van der Waals surface area contributed by atoms with Gasteiger partial charge < -0.3 is 9.84 Å². The number of rotatable bonds is 8. The first-order chi connectivity index (χ1) is 11.5. The second-order valence-electron chi connectivity index (χ2n) is 6.22. The van der Waals surface area contributed by atoms with Gasteiger partial charge in [-0.05, 0) is 66.8 Å². The summed E-state index contributed by atoms with van der Waals surface area (Å²) in [4.78, 5) is 11.0. The summed E-state index contributed by atoms with van der Waals surface area (Å²) in [7, 11) is 0. The van der Waals surface area contributed by atoms with Crippen molar-refractivity contribution in [3.8, 4) is 16.9 Å². The van der Waals surface area contributed by atoms with E-state index in [9.17, 15) is 4.79 Å². The highest BCUT2D eigenvalue weighted by atomic mass is 16.5. The van der Waals surface area contributed by atoms with Crippen LogP contribution in [-0.4, -0.2) is 17.7 Å². The summed E-state index contributed by atoms with van der Waals surface area (Å²) in [5, 5.41) is 9.00. The topological polar surface area (TPSA) is 46.5 Å². The van der Waals surface area contributed by atoms with E-state index in [1.807, 2.05) is 12.1 Å². The Kier molecular flexibility index (Phi) is 6.42. The van der Waals surface area contributed by atoms with Crippen LogP contribution in [0.25, 0.3) is 11.1 Å². The molecule has 0 aromatic heterocycles. The maximum absolute atomic E-state index is 11.0. The van der Waals surface area contributed by atoms with Crippen LogP contribution in [0.5, 0.6) is 5.75 Å². The number of carbonyl (C=O) groups is 1. The van der Waals surface area contributed by atoms with Gasteiger partial charge in [0.05, 0.1) is 12.2 Å². The SMILES string of the molecule is CCCCCCOc1cc(C)c(-c2ccc(C(=O)O)cc2)cc1C. The lowest BCUT2D eigenvalue weighted by molar-refractivity contribution is 0.0697. The fraction of sp³-hybridized carbons (Fsp3) is 0.381. The Bertz CT molecular complexity index is 687. The van der Waals surface area contributed by atoms with Crippen LogP contribution in [0.1, 0.15) is 54.1 Å². The normalized spacial score (nSPS) is 10.6. The molecule has 3 nitrogen and oxygen atoms in total. The number of carboxylic acids is 1. The zero-order chi connectivity index (χ0) is 17.5. The molecule has 0 radical (unpaired) electrons. The van der Waals surface area contributed by atoms with E-state index < -0.39 is 5.97 Å². The fourth-order valence-corrected chi connectivity index (χ4v) is 2.76. The summed E-state index contributed by atoms with van der Waals surface area (Å²) in [6, 6.07) is 11.2. The van der Waals surface area contributed by atoms with Gasteiger partial charge in [-0.25, -0.2) is 4.79 Å². The van der Waals surface area contributed by atoms with Gasteiger partial charge in [0.2, 0.25) is 0 Å². The third-order valence-corrected chi connectivity index (χ3v) is 4.22. The molecule has 0 aliphatic heterocycles. The number of ether oxygens (including phenoxy) is 1. The van der Waals surface area contributed by atoms with Gasteiger partial charge in [-0.2, -0.15) is 0 Å². The lowest BCUT2D eigenvalue weighted by Crippen LogP contribution is -2.00. The van der Waals surface area contributed by atoms with Gasteiger partial charge in [-0.1, -0.05) is 38.3 Å². The van der Waals surface area contributed by atoms with Crippen LogP contribution in [0.15, 0.2) is 36.4 Å². The smallest absolute Gasteiger partial charge is 0.335 e. The Hall–Kier alpha value is -2.29. The summed E-state index contributed by atoms with van der Waals surface area (Å²) < 4.78 is 5.93. The molecule has 1 N–H and O–H groups in total. The Morgan fingerprint density at radius 1 is 1.00 bits per heavy atom. The quantitative estimate of drug-likeness (QED) is 0.640. The van der Waals surface area contributed by atoms with Crippen LogP contribution in [0.4, 0.5) is 0 Å². The van der Waals surface area contributed by atoms with Gasteiger partial charge in [-0.3, -0.25) is 0 Å². The Morgan fingerprint density at radius 2 is 1.71 bits per heavy atom. The van der Waals surface area contributed by atoms with Gasteiger partial charge in [-0.15, -0.1) is 0 Å². The van der Waals surface area contributed by atoms with Crippen molar-refractivity contribution < 1.29 is 14.6 Å². The van der Waals surface area contributed by atoms with Crippen molar-refractivity contribution in [3.05, 3.63) is 53.1 Å². The summed E-state index contributed by atoms with van der Waals surface area (Å²) >= 11 is 0. The molecule has 0 saturated heterocycles. The van der Waals surface area contributed by atoms with Crippen LogP contribution in [0, 0.1) is 13.8 Å². The third kappa shape index (κ3) is 4.60. The predicted octanol–water partition coefficient (Wildman–Crippen LogP) is 5.63. The van der Waals surface area contributed by atoms with Crippen LogP contribution in [0.2, 0.25) is 0 Å². The first-order valence-corrected chi connectivity index (χ1v) is 8.60. The molecule has 0 atom stereocenters. The van der Waals surface area contributed by atoms with Crippen LogP contribution >= 0.6 is 0 Å². The minimum atomic E-state index is -0.902. The molecule has 24 heavy (non-hydrogen) atoms. The second-order valence-corrected chi connectivity index (χ2v) is 6.22. The number of hydrogen-bond donors (Lipinski definition) is 1. The van der Waals surface area contributed by atoms with Crippen molar-refractivity contribution in [2.45, 2.75) is 46.5 Å². The number of hydrogen-bond acceptors (Lipinski definition) is 2. The lowest BCUT2D eigenvalue weighted by atomic mass is 9.97. The van der Waals surface area contributed by atoms with E-state index in [1.54, 1.807) is 12.1 Å². The molecule has 2 aromatic carbocycles. The molecule has 0 heterocycles. The molecule has 0 bridgehead atoms. The third-order valence-electron chi connectivity index (χ3n) is 4.22. The van der Waals surface area contributed by atoms with E-state index in [0.29, 0.717) is 5.56 Å². The average Bonchev–Trinajstić information content (AvgIpc) is 2.57. The minimum absolute atomic E-state index is 0.306. The van der Waals surface area contributed by atoms with E-state index >= 15 is 0 Å². The van der Waals surface area contributed by atoms with Gasteiger partial charge >= 0.3 is 5.97 Å². The Balaban J connectivity index is 2.12. The molecular formula is C21H26O3. The molecule has 128 valence electrons. The minimum Gasteiger partial charge on any atom is -0.493 e. The Morgan fingerprint density at radius 3 is 2.33 bits per heavy atom. The first kappa shape index (κ1) is 18.1. The molecule has 0 amide bonds. The molecular weight excluding hydrogens is 300 g/mol. The summed E-state index contributed by atoms with van der Waals surface area (Å²) in [5.74, 6) is 0.0381. The van der Waals surface area contributed by atoms with Crippen LogP contribution in [0.3, 0.4) is 0 Å². The monoisotopic (exact) mass is 326 g/mol. The average molecular weight is 326 g/mol. The first-order valence-electron chi connectivity index (χ1n) is 8.60. The molecule has 0 spiro atoms. The van der Waals surface area contributed by atoms with E-state index in [0.717, 1.165) is 41.0 Å². The number of carboxylic acid groups (broad SMARTS) is 1. The van der Waals surface area contributed by atoms with Crippen LogP contribution < -0.4 is 4.74 Å². The van der Waals surface area contributed by atoms with Crippen molar-refractivity contribution >= 4 is 5.97 Å². The molecule has 0 saturated carbocycles. The molecule has 2 aromatic rings. The highest BCUT2D eigenvalue weighted by Gasteiger charge is 2.09. The maximum Gasteiger partial charge on any atom is 0.335 e. The highest BCUT2D eigenvalue weighted by molar-refractivity contribution is 5.88. The second kappa shape index (κ2) is 8.53. The lowest BCUT2D eigenvalue weighted by Gasteiger charge is -2.14. The standard InChI is InChI=1S/C21H26O3/c1-4-5-6-7-12-24-20-14-15(2)19(13-16(20)3)17-8-10-18(11-9-17)21(22)23/h8-11,13-14H,4-7,12H2,1-3H3,(H,22,23). The maximum atomic E-state index is 11.0. The van der Waals surface area contributed by atoms with Gasteiger partial charge in [0, 0.05) is 0 Å². The summed E-state index contributed by atoms with van der Waals surface area (Å²) in [5.41, 5.74) is 4.68. The van der Waals surface area contributed by atoms with Gasteiger partial charge in [0.1, 0.15) is 5.75 Å². The van der Waals surface area contributed by atoms with Crippen molar-refractivity contribution in [3.63, 3.8) is 0 Å². The predicted molar refractivity (Wildman–Crippen MR) is 97.9 cm³/mol. The number of benzene rings is 2. The number of aromatic carboxylic acids is 1. The Labute approximate surface area is 144 Å². The van der Waals surface area contributed by atoms with Crippen molar-refractivity contribution in [1.82, 2.24) is 0 Å². The summed E-state index contributed by atoms with van der Waals surface area (Å²) in [6.45, 7) is 7.07. The summed E-state index contributed by atoms with van der Waals surface area (Å²) in [6.07, 6.45) is 4.79. The molecule has 0 aliphatic rings. The molecule has 3 heteroatoms. The number of unbranched alkanes of at least 4 members (excludes halogenated alkanes) is 3. The van der Waals surface area contributed by atoms with E-state index in [4.69, 9.17) is 9.84 Å². The van der Waals surface area contributed by atoms with E-state index in [2.05, 4.69) is 32.9 Å². The van der Waals surface area contributed by atoms with Gasteiger partial charge in [0.15, 0.2) is 0 Å². The number of aryl methyl sites for hydroxylation is 2. The highest BCUT2D eigenvalue weighted by Crippen LogP contribution is 2.30. The molecule has 0 aliphatic carbocycles. The van der Waals surface area contributed by atoms with Crippen molar-refractivity contribution in [2.24, 2.45) is 0 Å². The molecule has 2 rings (SSSR count).